The van der Waals surface area contributed by atoms with Crippen LogP contribution in [0.1, 0.15) is 0 Å². The van der Waals surface area contributed by atoms with Gasteiger partial charge in [-0.1, -0.05) is 23.4 Å². The lowest BCUT2D eigenvalue weighted by molar-refractivity contribution is 0.819. The third-order valence-corrected chi connectivity index (χ3v) is 1.65. The molecule has 0 aliphatic carbocycles. The van der Waals surface area contributed by atoms with E-state index in [0.29, 0.717) is 5.16 Å². The number of aromatic nitrogens is 3. The zero-order valence-corrected chi connectivity index (χ0v) is 6.66. The molecule has 1 aromatic rings. The Bertz CT molecular complexity index is 286. The van der Waals surface area contributed by atoms with Gasteiger partial charge in [-0.25, -0.2) is 0 Å². The standard InChI is InChI=1S/C4H4ClN3OS/c1-10-4-6-3(9)2(5)7-8-4/h1H3,(H,6,8,9). The van der Waals surface area contributed by atoms with E-state index >= 15 is 0 Å². The van der Waals surface area contributed by atoms with Gasteiger partial charge in [-0.05, 0) is 6.26 Å². The van der Waals surface area contributed by atoms with Crippen LogP contribution >= 0.6 is 23.4 Å². The molecule has 6 heteroatoms. The van der Waals surface area contributed by atoms with Crippen LogP contribution in [0.4, 0.5) is 0 Å². The normalized spacial score (nSPS) is 9.80. The quantitative estimate of drug-likeness (QED) is 0.637. The highest BCUT2D eigenvalue weighted by Crippen LogP contribution is 2.03. The van der Waals surface area contributed by atoms with E-state index < -0.39 is 5.56 Å². The van der Waals surface area contributed by atoms with Gasteiger partial charge >= 0.3 is 0 Å². The molecule has 0 amide bonds. The number of halogens is 1. The Morgan fingerprint density at radius 3 is 2.80 bits per heavy atom. The second kappa shape index (κ2) is 3.03. The Balaban J connectivity index is 3.17. The number of hydrogen-bond acceptors (Lipinski definition) is 4. The van der Waals surface area contributed by atoms with E-state index in [2.05, 4.69) is 15.2 Å². The summed E-state index contributed by atoms with van der Waals surface area (Å²) in [5.74, 6) is 0. The Labute approximate surface area is 66.0 Å². The van der Waals surface area contributed by atoms with Crippen molar-refractivity contribution >= 4 is 23.4 Å². The predicted octanol–water partition coefficient (Wildman–Crippen LogP) is 0.540. The highest BCUT2D eigenvalue weighted by atomic mass is 35.5. The molecular formula is C4H4ClN3OS. The molecular weight excluding hydrogens is 174 g/mol. The van der Waals surface area contributed by atoms with Crippen molar-refractivity contribution in [1.82, 2.24) is 15.2 Å². The fraction of sp³-hybridized carbons (Fsp3) is 0.250. The van der Waals surface area contributed by atoms with E-state index in [1.165, 1.54) is 11.8 Å². The number of nitrogens with one attached hydrogen (secondary N) is 1. The van der Waals surface area contributed by atoms with Crippen molar-refractivity contribution in [2.45, 2.75) is 5.16 Å². The second-order valence-electron chi connectivity index (χ2n) is 1.45. The summed E-state index contributed by atoms with van der Waals surface area (Å²) in [6, 6.07) is 0. The van der Waals surface area contributed by atoms with Gasteiger partial charge in [0.1, 0.15) is 0 Å². The third kappa shape index (κ3) is 1.48. The maximum absolute atomic E-state index is 10.7. The molecule has 54 valence electrons. The van der Waals surface area contributed by atoms with E-state index in [1.54, 1.807) is 6.26 Å². The van der Waals surface area contributed by atoms with Crippen LogP contribution in [0.3, 0.4) is 0 Å². The SMILES string of the molecule is CSc1nnc(Cl)c(=O)[nH]1. The smallest absolute Gasteiger partial charge is 0.289 e. The summed E-state index contributed by atoms with van der Waals surface area (Å²) in [4.78, 5) is 13.1. The maximum atomic E-state index is 10.7. The number of thioether (sulfide) groups is 1. The van der Waals surface area contributed by atoms with E-state index in [-0.39, 0.29) is 5.15 Å². The molecule has 1 aromatic heterocycles. The zero-order valence-electron chi connectivity index (χ0n) is 5.09. The van der Waals surface area contributed by atoms with Gasteiger partial charge in [-0.15, -0.1) is 10.2 Å². The predicted molar refractivity (Wildman–Crippen MR) is 39.4 cm³/mol. The minimum absolute atomic E-state index is 0.127. The van der Waals surface area contributed by atoms with Crippen molar-refractivity contribution in [2.24, 2.45) is 0 Å². The average molecular weight is 178 g/mol. The molecule has 0 saturated carbocycles. The molecule has 10 heavy (non-hydrogen) atoms. The van der Waals surface area contributed by atoms with Crippen molar-refractivity contribution in [3.63, 3.8) is 0 Å². The van der Waals surface area contributed by atoms with Crippen molar-refractivity contribution in [1.29, 1.82) is 0 Å². The Hall–Kier alpha value is -0.550. The first-order valence-corrected chi connectivity index (χ1v) is 4.01. The Morgan fingerprint density at radius 2 is 2.30 bits per heavy atom. The first-order valence-electron chi connectivity index (χ1n) is 2.40. The Kier molecular flexibility index (Phi) is 2.29. The van der Waals surface area contributed by atoms with Crippen molar-refractivity contribution in [3.05, 3.63) is 15.5 Å². The molecule has 0 aliphatic rings. The van der Waals surface area contributed by atoms with Crippen molar-refractivity contribution in [3.8, 4) is 0 Å². The molecule has 1 rings (SSSR count). The van der Waals surface area contributed by atoms with Crippen LogP contribution in [-0.4, -0.2) is 21.4 Å². The van der Waals surface area contributed by atoms with Gasteiger partial charge in [0.05, 0.1) is 0 Å². The molecule has 4 nitrogen and oxygen atoms in total. The second-order valence-corrected chi connectivity index (χ2v) is 2.61. The molecule has 0 unspecified atom stereocenters. The first-order chi connectivity index (χ1) is 4.74. The van der Waals surface area contributed by atoms with Crippen molar-refractivity contribution in [2.75, 3.05) is 6.26 Å². The molecule has 0 radical (unpaired) electrons. The number of hydrogen-bond donors (Lipinski definition) is 1. The third-order valence-electron chi connectivity index (χ3n) is 0.830. The molecule has 0 fully saturated rings. The molecule has 0 aliphatic heterocycles. The largest absolute Gasteiger partial charge is 0.297 e. The summed E-state index contributed by atoms with van der Waals surface area (Å²) in [7, 11) is 0. The highest BCUT2D eigenvalue weighted by Gasteiger charge is 1.98. The lowest BCUT2D eigenvalue weighted by Gasteiger charge is -1.90. The molecule has 0 bridgehead atoms. The van der Waals surface area contributed by atoms with Gasteiger partial charge in [0.15, 0.2) is 5.16 Å². The molecule has 1 N–H and O–H groups in total. The van der Waals surface area contributed by atoms with Gasteiger partial charge in [0, 0.05) is 0 Å². The topological polar surface area (TPSA) is 58.6 Å². The molecule has 0 saturated heterocycles. The maximum Gasteiger partial charge on any atom is 0.289 e. The molecule has 0 spiro atoms. The minimum atomic E-state index is -0.402. The summed E-state index contributed by atoms with van der Waals surface area (Å²) in [5, 5.41) is 7.32. The Morgan fingerprint density at radius 1 is 1.60 bits per heavy atom. The fourth-order valence-electron chi connectivity index (χ4n) is 0.400. The van der Waals surface area contributed by atoms with E-state index in [4.69, 9.17) is 11.6 Å². The first kappa shape index (κ1) is 7.56. The van der Waals surface area contributed by atoms with E-state index in [9.17, 15) is 4.79 Å². The van der Waals surface area contributed by atoms with Crippen LogP contribution in [0.2, 0.25) is 5.15 Å². The fourth-order valence-corrected chi connectivity index (χ4v) is 0.803. The number of aromatic amines is 1. The van der Waals surface area contributed by atoms with Crippen molar-refractivity contribution < 1.29 is 0 Å². The number of rotatable bonds is 1. The van der Waals surface area contributed by atoms with Crippen LogP contribution in [0.25, 0.3) is 0 Å². The summed E-state index contributed by atoms with van der Waals surface area (Å²) >= 11 is 6.61. The summed E-state index contributed by atoms with van der Waals surface area (Å²) in [5.41, 5.74) is -0.402. The average Bonchev–Trinajstić information content (AvgIpc) is 1.95. The van der Waals surface area contributed by atoms with Crippen LogP contribution in [-0.2, 0) is 0 Å². The van der Waals surface area contributed by atoms with Gasteiger partial charge in [-0.3, -0.25) is 9.78 Å². The number of H-pyrrole nitrogens is 1. The number of nitrogens with zero attached hydrogens (tertiary/aromatic N) is 2. The van der Waals surface area contributed by atoms with E-state index in [0.717, 1.165) is 0 Å². The minimum Gasteiger partial charge on any atom is -0.297 e. The van der Waals surface area contributed by atoms with Gasteiger partial charge in [0.25, 0.3) is 5.56 Å². The highest BCUT2D eigenvalue weighted by molar-refractivity contribution is 7.98. The summed E-state index contributed by atoms with van der Waals surface area (Å²) in [6.07, 6.45) is 1.79. The monoisotopic (exact) mass is 177 g/mol. The molecule has 1 heterocycles. The van der Waals surface area contributed by atoms with Crippen LogP contribution in [0.15, 0.2) is 9.95 Å². The lowest BCUT2D eigenvalue weighted by Crippen LogP contribution is -2.10. The molecule has 0 atom stereocenters. The van der Waals surface area contributed by atoms with Gasteiger partial charge in [0.2, 0.25) is 5.15 Å². The van der Waals surface area contributed by atoms with Gasteiger partial charge in [-0.2, -0.15) is 0 Å². The zero-order chi connectivity index (χ0) is 7.56. The van der Waals surface area contributed by atoms with Gasteiger partial charge < -0.3 is 0 Å². The van der Waals surface area contributed by atoms with E-state index in [1.807, 2.05) is 0 Å². The molecule has 0 aromatic carbocycles. The van der Waals surface area contributed by atoms with Crippen LogP contribution in [0, 0.1) is 0 Å². The lowest BCUT2D eigenvalue weighted by atomic mass is 10.9. The summed E-state index contributed by atoms with van der Waals surface area (Å²) < 4.78 is 0. The summed E-state index contributed by atoms with van der Waals surface area (Å²) in [6.45, 7) is 0. The van der Waals surface area contributed by atoms with Crippen LogP contribution in [0.5, 0.6) is 0 Å². The van der Waals surface area contributed by atoms with Crippen LogP contribution < -0.4 is 5.56 Å².